The molecule has 8 rings (SSSR count). The SMILES string of the molecule is c1ccc2c(c1)sc1ccc3sc4c(ccc5c4c4ccccc4c4nccn54)c3c12. The predicted octanol–water partition coefficient (Wildman–Crippen LogP) is 8.38. The summed E-state index contributed by atoms with van der Waals surface area (Å²) in [6.45, 7) is 0. The molecule has 0 aliphatic heterocycles. The van der Waals surface area contributed by atoms with Gasteiger partial charge in [-0.2, -0.15) is 0 Å². The molecule has 144 valence electrons. The van der Waals surface area contributed by atoms with Gasteiger partial charge in [-0.05, 0) is 29.7 Å². The number of benzene rings is 4. The first-order valence-corrected chi connectivity index (χ1v) is 11.9. The van der Waals surface area contributed by atoms with Gasteiger partial charge >= 0.3 is 0 Å². The van der Waals surface area contributed by atoms with E-state index in [0.717, 1.165) is 5.65 Å². The fourth-order valence-electron chi connectivity index (χ4n) is 5.19. The second-order valence-electron chi connectivity index (χ2n) is 8.01. The van der Waals surface area contributed by atoms with Crippen molar-refractivity contribution in [2.75, 3.05) is 0 Å². The van der Waals surface area contributed by atoms with Gasteiger partial charge in [0.05, 0.1) is 5.52 Å². The van der Waals surface area contributed by atoms with Gasteiger partial charge in [0.15, 0.2) is 0 Å². The largest absolute Gasteiger partial charge is 0.299 e. The lowest BCUT2D eigenvalue weighted by molar-refractivity contribution is 1.27. The van der Waals surface area contributed by atoms with Crippen molar-refractivity contribution >= 4 is 90.3 Å². The molecule has 0 bridgehead atoms. The number of nitrogens with zero attached hydrogens (tertiary/aromatic N) is 2. The van der Waals surface area contributed by atoms with E-state index in [1.165, 1.54) is 62.0 Å². The minimum atomic E-state index is 1.02. The predicted molar refractivity (Wildman–Crippen MR) is 136 cm³/mol. The Morgan fingerprint density at radius 3 is 2.23 bits per heavy atom. The van der Waals surface area contributed by atoms with Gasteiger partial charge in [-0.1, -0.05) is 48.5 Å². The van der Waals surface area contributed by atoms with Crippen molar-refractivity contribution in [3.05, 3.63) is 85.2 Å². The molecular formula is C27H14N2S2. The van der Waals surface area contributed by atoms with E-state index in [1.807, 2.05) is 28.9 Å². The Balaban J connectivity index is 1.70. The fraction of sp³-hybridized carbons (Fsp3) is 0. The summed E-state index contributed by atoms with van der Waals surface area (Å²) in [4.78, 5) is 4.66. The maximum atomic E-state index is 4.66. The van der Waals surface area contributed by atoms with Gasteiger partial charge in [-0.25, -0.2) is 4.98 Å². The molecule has 0 aliphatic carbocycles. The highest BCUT2D eigenvalue weighted by molar-refractivity contribution is 7.28. The molecule has 0 unspecified atom stereocenters. The van der Waals surface area contributed by atoms with Gasteiger partial charge in [0.1, 0.15) is 5.65 Å². The molecule has 0 spiro atoms. The minimum Gasteiger partial charge on any atom is -0.299 e. The normalized spacial score (nSPS) is 12.5. The summed E-state index contributed by atoms with van der Waals surface area (Å²) in [5.41, 5.74) is 2.24. The topological polar surface area (TPSA) is 17.3 Å². The zero-order valence-corrected chi connectivity index (χ0v) is 17.9. The van der Waals surface area contributed by atoms with Crippen LogP contribution in [0.5, 0.6) is 0 Å². The standard InChI is InChI=1S/C27H14N2S2/c1-2-6-16-15(5-1)23-19(29-14-13-28-27(16)29)10-9-18-25-22(31-26(18)23)12-11-21-24(25)17-7-3-4-8-20(17)30-21/h1-14H. The quantitative estimate of drug-likeness (QED) is 0.221. The number of fused-ring (bicyclic) bond motifs is 14. The van der Waals surface area contributed by atoms with Crippen molar-refractivity contribution in [3.63, 3.8) is 0 Å². The molecule has 0 aliphatic rings. The summed E-state index contributed by atoms with van der Waals surface area (Å²) in [5, 5.41) is 9.32. The average molecular weight is 431 g/mol. The average Bonchev–Trinajstić information content (AvgIpc) is 3.53. The van der Waals surface area contributed by atoms with E-state index in [1.54, 1.807) is 0 Å². The molecule has 0 atom stereocenters. The first-order chi connectivity index (χ1) is 15.4. The second-order valence-corrected chi connectivity index (χ2v) is 10.2. The first-order valence-electron chi connectivity index (χ1n) is 10.3. The third-order valence-corrected chi connectivity index (χ3v) is 8.78. The van der Waals surface area contributed by atoms with E-state index in [-0.39, 0.29) is 0 Å². The minimum absolute atomic E-state index is 1.02. The Morgan fingerprint density at radius 1 is 0.581 bits per heavy atom. The molecule has 8 aromatic rings. The van der Waals surface area contributed by atoms with E-state index in [2.05, 4.69) is 88.4 Å². The molecule has 31 heavy (non-hydrogen) atoms. The zero-order chi connectivity index (χ0) is 20.1. The lowest BCUT2D eigenvalue weighted by atomic mass is 10.0. The lowest BCUT2D eigenvalue weighted by Gasteiger charge is -2.09. The van der Waals surface area contributed by atoms with Gasteiger partial charge in [0.2, 0.25) is 0 Å². The summed E-state index contributed by atoms with van der Waals surface area (Å²) < 4.78 is 7.67. The number of rotatable bonds is 0. The van der Waals surface area contributed by atoms with Crippen molar-refractivity contribution in [1.29, 1.82) is 0 Å². The van der Waals surface area contributed by atoms with Crippen LogP contribution in [0, 0.1) is 0 Å². The smallest absolute Gasteiger partial charge is 0.145 e. The van der Waals surface area contributed by atoms with Gasteiger partial charge in [-0.3, -0.25) is 4.40 Å². The van der Waals surface area contributed by atoms with Crippen LogP contribution in [-0.2, 0) is 0 Å². The molecule has 2 nitrogen and oxygen atoms in total. The molecule has 4 heteroatoms. The summed E-state index contributed by atoms with van der Waals surface area (Å²) in [7, 11) is 0. The molecule has 0 fully saturated rings. The van der Waals surface area contributed by atoms with Crippen molar-refractivity contribution in [3.8, 4) is 0 Å². The Hall–Kier alpha value is -3.47. The second kappa shape index (κ2) is 5.61. The van der Waals surface area contributed by atoms with E-state index < -0.39 is 0 Å². The molecule has 0 saturated heterocycles. The molecule has 0 amide bonds. The number of imidazole rings is 1. The van der Waals surface area contributed by atoms with Gasteiger partial charge in [0, 0.05) is 63.5 Å². The highest BCUT2D eigenvalue weighted by atomic mass is 32.1. The van der Waals surface area contributed by atoms with Crippen LogP contribution in [0.2, 0.25) is 0 Å². The summed E-state index contributed by atoms with van der Waals surface area (Å²) in [5.74, 6) is 0. The zero-order valence-electron chi connectivity index (χ0n) is 16.3. The van der Waals surface area contributed by atoms with Crippen molar-refractivity contribution in [2.45, 2.75) is 0 Å². The number of thiophene rings is 2. The van der Waals surface area contributed by atoms with Gasteiger partial charge in [0.25, 0.3) is 0 Å². The monoisotopic (exact) mass is 430 g/mol. The Morgan fingerprint density at radius 2 is 1.32 bits per heavy atom. The van der Waals surface area contributed by atoms with Crippen molar-refractivity contribution in [2.24, 2.45) is 0 Å². The molecule has 4 heterocycles. The van der Waals surface area contributed by atoms with Crippen LogP contribution in [0.15, 0.2) is 85.2 Å². The van der Waals surface area contributed by atoms with Gasteiger partial charge < -0.3 is 0 Å². The molecule has 0 saturated carbocycles. The molecule has 0 radical (unpaired) electrons. The molecular weight excluding hydrogens is 416 g/mol. The Bertz CT molecular complexity index is 2000. The van der Waals surface area contributed by atoms with E-state index >= 15 is 0 Å². The van der Waals surface area contributed by atoms with E-state index in [0.29, 0.717) is 0 Å². The van der Waals surface area contributed by atoms with Crippen molar-refractivity contribution < 1.29 is 0 Å². The Labute approximate surface area is 184 Å². The third kappa shape index (κ3) is 1.95. The van der Waals surface area contributed by atoms with Crippen LogP contribution >= 0.6 is 22.7 Å². The maximum absolute atomic E-state index is 4.66. The highest BCUT2D eigenvalue weighted by Crippen LogP contribution is 2.47. The Kier molecular flexibility index (Phi) is 2.94. The molecule has 4 aromatic heterocycles. The number of hydrogen-bond acceptors (Lipinski definition) is 3. The van der Waals surface area contributed by atoms with Crippen LogP contribution in [0.1, 0.15) is 0 Å². The van der Waals surface area contributed by atoms with E-state index in [9.17, 15) is 0 Å². The number of pyridine rings is 1. The number of hydrogen-bond donors (Lipinski definition) is 0. The third-order valence-electron chi connectivity index (χ3n) is 6.46. The highest BCUT2D eigenvalue weighted by Gasteiger charge is 2.18. The molecule has 4 aromatic carbocycles. The molecule has 0 N–H and O–H groups in total. The van der Waals surface area contributed by atoms with Gasteiger partial charge in [-0.15, -0.1) is 22.7 Å². The summed E-state index contributed by atoms with van der Waals surface area (Å²) in [6, 6.07) is 26.7. The summed E-state index contributed by atoms with van der Waals surface area (Å²) in [6.07, 6.45) is 3.98. The van der Waals surface area contributed by atoms with Crippen molar-refractivity contribution in [1.82, 2.24) is 9.38 Å². The van der Waals surface area contributed by atoms with Crippen LogP contribution in [0.25, 0.3) is 67.7 Å². The first kappa shape index (κ1) is 16.3. The number of aromatic nitrogens is 2. The van der Waals surface area contributed by atoms with Crippen LogP contribution in [0.3, 0.4) is 0 Å². The summed E-state index contributed by atoms with van der Waals surface area (Å²) >= 11 is 3.80. The van der Waals surface area contributed by atoms with Crippen LogP contribution in [0.4, 0.5) is 0 Å². The van der Waals surface area contributed by atoms with E-state index in [4.69, 9.17) is 0 Å². The van der Waals surface area contributed by atoms with Crippen LogP contribution < -0.4 is 0 Å². The maximum Gasteiger partial charge on any atom is 0.145 e. The van der Waals surface area contributed by atoms with Crippen LogP contribution in [-0.4, -0.2) is 9.38 Å². The lowest BCUT2D eigenvalue weighted by Crippen LogP contribution is -1.90. The fourth-order valence-corrected chi connectivity index (χ4v) is 7.57.